The molecule has 1 aromatic heterocycles. The number of rotatable bonds is 4. The minimum absolute atomic E-state index is 0.0682. The fraction of sp³-hybridized carbons (Fsp3) is 0.333. The summed E-state index contributed by atoms with van der Waals surface area (Å²) in [5.41, 5.74) is 2.68. The summed E-state index contributed by atoms with van der Waals surface area (Å²) in [6.07, 6.45) is 2.61. The maximum Gasteiger partial charge on any atom is 0.242 e. The molecule has 1 atom stereocenters. The number of nitrogens with zero attached hydrogens (tertiary/aromatic N) is 2. The van der Waals surface area contributed by atoms with E-state index in [0.29, 0.717) is 11.6 Å². The molecule has 2 aromatic rings. The van der Waals surface area contributed by atoms with Crippen LogP contribution in [0.25, 0.3) is 0 Å². The van der Waals surface area contributed by atoms with Crippen LogP contribution in [0.1, 0.15) is 18.1 Å². The normalized spacial score (nSPS) is 15.6. The number of anilines is 1. The Morgan fingerprint density at radius 1 is 1.26 bits per heavy atom. The molecule has 3 rings (SSSR count). The molecule has 0 spiro atoms. The number of carbonyl (C=O) groups is 1. The van der Waals surface area contributed by atoms with Crippen LogP contribution in [0.15, 0.2) is 42.6 Å². The van der Waals surface area contributed by atoms with Crippen LogP contribution in [-0.4, -0.2) is 35.5 Å². The zero-order chi connectivity index (χ0) is 16.2. The summed E-state index contributed by atoms with van der Waals surface area (Å²) >= 11 is 0. The van der Waals surface area contributed by atoms with Crippen LogP contribution in [0.3, 0.4) is 0 Å². The van der Waals surface area contributed by atoms with E-state index in [4.69, 9.17) is 4.74 Å². The molecule has 0 unspecified atom stereocenters. The van der Waals surface area contributed by atoms with Gasteiger partial charge in [0, 0.05) is 19.3 Å². The predicted molar refractivity (Wildman–Crippen MR) is 89.4 cm³/mol. The van der Waals surface area contributed by atoms with Crippen molar-refractivity contribution in [3.05, 3.63) is 53.7 Å². The van der Waals surface area contributed by atoms with Gasteiger partial charge in [-0.05, 0) is 36.6 Å². The lowest BCUT2D eigenvalue weighted by Crippen LogP contribution is -2.44. The van der Waals surface area contributed by atoms with Gasteiger partial charge in [-0.2, -0.15) is 0 Å². The lowest BCUT2D eigenvalue weighted by Gasteiger charge is -2.32. The summed E-state index contributed by atoms with van der Waals surface area (Å²) in [5, 5.41) is 2.87. The van der Waals surface area contributed by atoms with E-state index < -0.39 is 0 Å². The van der Waals surface area contributed by atoms with Gasteiger partial charge in [0.1, 0.15) is 0 Å². The van der Waals surface area contributed by atoms with Crippen LogP contribution in [0, 0.1) is 0 Å². The van der Waals surface area contributed by atoms with Crippen LogP contribution < -0.4 is 10.1 Å². The Morgan fingerprint density at radius 3 is 2.83 bits per heavy atom. The van der Waals surface area contributed by atoms with Crippen LogP contribution in [-0.2, 0) is 17.8 Å². The molecule has 1 aliphatic rings. The number of hydrogen-bond donors (Lipinski definition) is 1. The second-order valence-electron chi connectivity index (χ2n) is 5.71. The summed E-state index contributed by atoms with van der Waals surface area (Å²) in [5.74, 6) is 0.961. The summed E-state index contributed by atoms with van der Waals surface area (Å²) in [4.78, 5) is 18.9. The van der Waals surface area contributed by atoms with E-state index >= 15 is 0 Å². The summed E-state index contributed by atoms with van der Waals surface area (Å²) < 4.78 is 5.23. The minimum Gasteiger partial charge on any atom is -0.493 e. The fourth-order valence-corrected chi connectivity index (χ4v) is 2.88. The van der Waals surface area contributed by atoms with E-state index in [2.05, 4.69) is 33.4 Å². The number of benzene rings is 1. The molecule has 23 heavy (non-hydrogen) atoms. The zero-order valence-corrected chi connectivity index (χ0v) is 13.5. The first-order chi connectivity index (χ1) is 11.2. The van der Waals surface area contributed by atoms with Crippen LogP contribution in [0.4, 0.5) is 5.82 Å². The monoisotopic (exact) mass is 311 g/mol. The van der Waals surface area contributed by atoms with Crippen molar-refractivity contribution in [2.24, 2.45) is 0 Å². The molecule has 1 amide bonds. The average Bonchev–Trinajstić information content (AvgIpc) is 2.61. The van der Waals surface area contributed by atoms with Gasteiger partial charge >= 0.3 is 0 Å². The molecule has 0 bridgehead atoms. The van der Waals surface area contributed by atoms with Crippen LogP contribution >= 0.6 is 0 Å². The summed E-state index contributed by atoms with van der Waals surface area (Å²) in [7, 11) is 1.57. The molecule has 0 fully saturated rings. The van der Waals surface area contributed by atoms with Gasteiger partial charge in [-0.15, -0.1) is 0 Å². The molecule has 5 nitrogen and oxygen atoms in total. The van der Waals surface area contributed by atoms with Crippen molar-refractivity contribution in [1.29, 1.82) is 0 Å². The number of amides is 1. The predicted octanol–water partition coefficient (Wildman–Crippen LogP) is 2.48. The highest BCUT2D eigenvalue weighted by atomic mass is 16.5. The topological polar surface area (TPSA) is 54.5 Å². The molecule has 2 heterocycles. The zero-order valence-electron chi connectivity index (χ0n) is 13.5. The summed E-state index contributed by atoms with van der Waals surface area (Å²) in [6.45, 7) is 3.60. The van der Waals surface area contributed by atoms with Crippen molar-refractivity contribution < 1.29 is 9.53 Å². The van der Waals surface area contributed by atoms with Crippen molar-refractivity contribution in [3.63, 3.8) is 0 Å². The first-order valence-electron chi connectivity index (χ1n) is 7.79. The van der Waals surface area contributed by atoms with Crippen LogP contribution in [0.2, 0.25) is 0 Å². The molecular weight excluding hydrogens is 290 g/mol. The number of carbonyl (C=O) groups excluding carboxylic acids is 1. The van der Waals surface area contributed by atoms with E-state index in [1.807, 2.05) is 13.0 Å². The number of nitrogens with one attached hydrogen (secondary N) is 1. The van der Waals surface area contributed by atoms with Crippen LogP contribution in [0.5, 0.6) is 5.75 Å². The maximum absolute atomic E-state index is 12.5. The Morgan fingerprint density at radius 2 is 2.04 bits per heavy atom. The largest absolute Gasteiger partial charge is 0.493 e. The summed E-state index contributed by atoms with van der Waals surface area (Å²) in [6, 6.07) is 11.7. The van der Waals surface area contributed by atoms with Gasteiger partial charge in [0.05, 0.1) is 13.2 Å². The van der Waals surface area contributed by atoms with Crippen molar-refractivity contribution in [1.82, 2.24) is 9.88 Å². The van der Waals surface area contributed by atoms with Crippen molar-refractivity contribution in [2.75, 3.05) is 19.0 Å². The average molecular weight is 311 g/mol. The van der Waals surface area contributed by atoms with Gasteiger partial charge in [0.15, 0.2) is 11.6 Å². The standard InChI is InChI=1S/C18H21N3O2/c1-13(18(22)20-17-16(23-2)8-5-10-19-17)21-11-9-14-6-3-4-7-15(14)12-21/h3-8,10,13H,9,11-12H2,1-2H3,(H,19,20,22)/t13-/m0/s1. The highest BCUT2D eigenvalue weighted by Gasteiger charge is 2.25. The number of methoxy groups -OCH3 is 1. The molecule has 1 aliphatic heterocycles. The van der Waals surface area contributed by atoms with E-state index in [0.717, 1.165) is 19.5 Å². The Balaban J connectivity index is 1.69. The smallest absolute Gasteiger partial charge is 0.242 e. The third kappa shape index (κ3) is 3.35. The quantitative estimate of drug-likeness (QED) is 0.942. The van der Waals surface area contributed by atoms with Crippen molar-refractivity contribution in [3.8, 4) is 5.75 Å². The van der Waals surface area contributed by atoms with E-state index in [-0.39, 0.29) is 11.9 Å². The molecule has 1 N–H and O–H groups in total. The molecule has 0 radical (unpaired) electrons. The number of hydrogen-bond acceptors (Lipinski definition) is 4. The second-order valence-corrected chi connectivity index (χ2v) is 5.71. The Hall–Kier alpha value is -2.40. The van der Waals surface area contributed by atoms with Gasteiger partial charge in [0.25, 0.3) is 0 Å². The SMILES string of the molecule is COc1cccnc1NC(=O)[C@H](C)N1CCc2ccccc2C1. The van der Waals surface area contributed by atoms with Gasteiger partial charge in [-0.1, -0.05) is 24.3 Å². The third-order valence-electron chi connectivity index (χ3n) is 4.32. The van der Waals surface area contributed by atoms with Gasteiger partial charge in [-0.25, -0.2) is 4.98 Å². The molecule has 120 valence electrons. The first kappa shape index (κ1) is 15.5. The Kier molecular flexibility index (Phi) is 4.57. The number of pyridine rings is 1. The highest BCUT2D eigenvalue weighted by Crippen LogP contribution is 2.23. The Bertz CT molecular complexity index is 702. The Labute approximate surface area is 136 Å². The number of fused-ring (bicyclic) bond motifs is 1. The molecule has 0 saturated heterocycles. The number of ether oxygens (including phenoxy) is 1. The maximum atomic E-state index is 12.5. The van der Waals surface area contributed by atoms with Crippen molar-refractivity contribution >= 4 is 11.7 Å². The van der Waals surface area contributed by atoms with E-state index in [1.54, 1.807) is 25.4 Å². The second kappa shape index (κ2) is 6.79. The van der Waals surface area contributed by atoms with Gasteiger partial charge in [-0.3, -0.25) is 9.69 Å². The number of aromatic nitrogens is 1. The third-order valence-corrected chi connectivity index (χ3v) is 4.32. The molecular formula is C18H21N3O2. The molecule has 0 aliphatic carbocycles. The lowest BCUT2D eigenvalue weighted by molar-refractivity contribution is -0.121. The van der Waals surface area contributed by atoms with Gasteiger partial charge in [0.2, 0.25) is 5.91 Å². The van der Waals surface area contributed by atoms with E-state index in [9.17, 15) is 4.79 Å². The molecule has 0 saturated carbocycles. The fourth-order valence-electron chi connectivity index (χ4n) is 2.88. The lowest BCUT2D eigenvalue weighted by atomic mass is 9.99. The highest BCUT2D eigenvalue weighted by molar-refractivity contribution is 5.94. The van der Waals surface area contributed by atoms with E-state index in [1.165, 1.54) is 11.1 Å². The first-order valence-corrected chi connectivity index (χ1v) is 7.79. The molecule has 1 aromatic carbocycles. The molecule has 5 heteroatoms. The van der Waals surface area contributed by atoms with Crippen molar-refractivity contribution in [2.45, 2.75) is 25.9 Å². The minimum atomic E-state index is -0.227. The van der Waals surface area contributed by atoms with Gasteiger partial charge < -0.3 is 10.1 Å².